The van der Waals surface area contributed by atoms with Gasteiger partial charge in [-0.2, -0.15) is 0 Å². The van der Waals surface area contributed by atoms with E-state index in [4.69, 9.17) is 9.47 Å². The summed E-state index contributed by atoms with van der Waals surface area (Å²) in [6.07, 6.45) is 2.44. The Morgan fingerprint density at radius 2 is 2.00 bits per heavy atom. The largest absolute Gasteiger partial charge is 0.496 e. The van der Waals surface area contributed by atoms with Crippen LogP contribution in [0.15, 0.2) is 18.2 Å². The lowest BCUT2D eigenvalue weighted by Gasteiger charge is -2.31. The number of halogens is 1. The van der Waals surface area contributed by atoms with Gasteiger partial charge in [0.05, 0.1) is 13.2 Å². The fourth-order valence-electron chi connectivity index (χ4n) is 2.41. The van der Waals surface area contributed by atoms with E-state index in [-0.39, 0.29) is 5.82 Å². The average molecular weight is 253 g/mol. The second-order valence-electron chi connectivity index (χ2n) is 4.67. The highest BCUT2D eigenvalue weighted by Gasteiger charge is 2.19. The zero-order valence-corrected chi connectivity index (χ0v) is 11.0. The summed E-state index contributed by atoms with van der Waals surface area (Å²) in [5.74, 6) is 0.544. The number of methoxy groups -OCH3 is 2. The third-order valence-corrected chi connectivity index (χ3v) is 3.50. The molecule has 0 unspecified atom stereocenters. The highest BCUT2D eigenvalue weighted by atomic mass is 19.1. The van der Waals surface area contributed by atoms with Crippen LogP contribution in [0.1, 0.15) is 18.4 Å². The number of hydrogen-bond acceptors (Lipinski definition) is 3. The summed E-state index contributed by atoms with van der Waals surface area (Å²) in [5, 5.41) is 0. The maximum absolute atomic E-state index is 13.3. The van der Waals surface area contributed by atoms with Crippen LogP contribution in [-0.2, 0) is 11.3 Å². The SMILES string of the molecule is COc1ccc(F)cc1CN1CCC(OC)CC1. The van der Waals surface area contributed by atoms with Crippen molar-refractivity contribution < 1.29 is 13.9 Å². The van der Waals surface area contributed by atoms with Gasteiger partial charge < -0.3 is 9.47 Å². The van der Waals surface area contributed by atoms with Crippen molar-refractivity contribution in [3.63, 3.8) is 0 Å². The molecule has 0 aromatic heterocycles. The van der Waals surface area contributed by atoms with Crippen molar-refractivity contribution in [3.05, 3.63) is 29.6 Å². The monoisotopic (exact) mass is 253 g/mol. The van der Waals surface area contributed by atoms with E-state index in [9.17, 15) is 4.39 Å². The predicted octanol–water partition coefficient (Wildman–Crippen LogP) is 2.45. The maximum atomic E-state index is 13.3. The van der Waals surface area contributed by atoms with Gasteiger partial charge in [0.25, 0.3) is 0 Å². The molecule has 18 heavy (non-hydrogen) atoms. The van der Waals surface area contributed by atoms with Crippen molar-refractivity contribution in [1.29, 1.82) is 0 Å². The van der Waals surface area contributed by atoms with E-state index in [0.717, 1.165) is 43.8 Å². The van der Waals surface area contributed by atoms with Crippen molar-refractivity contribution in [3.8, 4) is 5.75 Å². The molecule has 1 aliphatic heterocycles. The van der Waals surface area contributed by atoms with Crippen molar-refractivity contribution in [2.75, 3.05) is 27.3 Å². The summed E-state index contributed by atoms with van der Waals surface area (Å²) >= 11 is 0. The molecule has 4 heteroatoms. The number of piperidine rings is 1. The van der Waals surface area contributed by atoms with Crippen LogP contribution in [0.2, 0.25) is 0 Å². The predicted molar refractivity (Wildman–Crippen MR) is 68.3 cm³/mol. The molecule has 1 fully saturated rings. The molecule has 1 aliphatic rings. The molecule has 1 aromatic carbocycles. The van der Waals surface area contributed by atoms with Gasteiger partial charge in [-0.3, -0.25) is 4.90 Å². The molecule has 0 aliphatic carbocycles. The average Bonchev–Trinajstić information content (AvgIpc) is 2.40. The normalized spacial score (nSPS) is 17.9. The first-order valence-corrected chi connectivity index (χ1v) is 6.30. The summed E-state index contributed by atoms with van der Waals surface area (Å²) in [6, 6.07) is 4.67. The number of hydrogen-bond donors (Lipinski definition) is 0. The fraction of sp³-hybridized carbons (Fsp3) is 0.571. The van der Waals surface area contributed by atoms with E-state index in [1.807, 2.05) is 0 Å². The number of nitrogens with zero attached hydrogens (tertiary/aromatic N) is 1. The molecule has 0 atom stereocenters. The molecule has 0 amide bonds. The molecule has 3 nitrogen and oxygen atoms in total. The number of likely N-dealkylation sites (tertiary alicyclic amines) is 1. The zero-order chi connectivity index (χ0) is 13.0. The smallest absolute Gasteiger partial charge is 0.123 e. The Kier molecular flexibility index (Phi) is 4.55. The Morgan fingerprint density at radius 3 is 2.61 bits per heavy atom. The summed E-state index contributed by atoms with van der Waals surface area (Å²) in [5.41, 5.74) is 0.911. The number of benzene rings is 1. The highest BCUT2D eigenvalue weighted by molar-refractivity contribution is 5.33. The summed E-state index contributed by atoms with van der Waals surface area (Å²) < 4.78 is 23.9. The quantitative estimate of drug-likeness (QED) is 0.822. The lowest BCUT2D eigenvalue weighted by Crippen LogP contribution is -2.36. The second kappa shape index (κ2) is 6.16. The first-order valence-electron chi connectivity index (χ1n) is 6.30. The van der Waals surface area contributed by atoms with Gasteiger partial charge in [0, 0.05) is 32.3 Å². The Bertz CT molecular complexity index is 389. The van der Waals surface area contributed by atoms with Gasteiger partial charge in [0.15, 0.2) is 0 Å². The van der Waals surface area contributed by atoms with Crippen molar-refractivity contribution in [2.45, 2.75) is 25.5 Å². The molecule has 0 spiro atoms. The van der Waals surface area contributed by atoms with Gasteiger partial charge >= 0.3 is 0 Å². The van der Waals surface area contributed by atoms with Gasteiger partial charge in [0.1, 0.15) is 11.6 Å². The molecule has 1 heterocycles. The van der Waals surface area contributed by atoms with Gasteiger partial charge in [-0.05, 0) is 31.0 Å². The minimum absolute atomic E-state index is 0.211. The van der Waals surface area contributed by atoms with Crippen molar-refractivity contribution >= 4 is 0 Å². The van der Waals surface area contributed by atoms with E-state index in [0.29, 0.717) is 6.10 Å². The van der Waals surface area contributed by atoms with Gasteiger partial charge in [-0.1, -0.05) is 0 Å². The topological polar surface area (TPSA) is 21.7 Å². The number of rotatable bonds is 4. The van der Waals surface area contributed by atoms with Crippen molar-refractivity contribution in [2.24, 2.45) is 0 Å². The minimum Gasteiger partial charge on any atom is -0.496 e. The van der Waals surface area contributed by atoms with Crippen LogP contribution in [0.3, 0.4) is 0 Å². The molecule has 0 N–H and O–H groups in total. The lowest BCUT2D eigenvalue weighted by molar-refractivity contribution is 0.0386. The first kappa shape index (κ1) is 13.3. The molecule has 0 saturated carbocycles. The van der Waals surface area contributed by atoms with E-state index < -0.39 is 0 Å². The van der Waals surface area contributed by atoms with E-state index in [1.54, 1.807) is 26.4 Å². The van der Waals surface area contributed by atoms with E-state index in [1.165, 1.54) is 6.07 Å². The molecular weight excluding hydrogens is 233 g/mol. The molecule has 1 aromatic rings. The van der Waals surface area contributed by atoms with Crippen LogP contribution >= 0.6 is 0 Å². The van der Waals surface area contributed by atoms with Gasteiger partial charge in [0.2, 0.25) is 0 Å². The standard InChI is InChI=1S/C14H20FNO2/c1-17-13-5-7-16(8-6-13)10-11-9-12(15)3-4-14(11)18-2/h3-4,9,13H,5-8,10H2,1-2H3. The summed E-state index contributed by atoms with van der Waals surface area (Å²) in [6.45, 7) is 2.70. The van der Waals surface area contributed by atoms with Crippen LogP contribution in [-0.4, -0.2) is 38.3 Å². The third kappa shape index (κ3) is 3.21. The zero-order valence-electron chi connectivity index (χ0n) is 11.0. The van der Waals surface area contributed by atoms with Gasteiger partial charge in [-0.25, -0.2) is 4.39 Å². The summed E-state index contributed by atoms with van der Waals surface area (Å²) in [4.78, 5) is 2.31. The van der Waals surface area contributed by atoms with Crippen LogP contribution in [0.4, 0.5) is 4.39 Å². The van der Waals surface area contributed by atoms with Crippen LogP contribution in [0.25, 0.3) is 0 Å². The molecule has 0 radical (unpaired) electrons. The van der Waals surface area contributed by atoms with E-state index >= 15 is 0 Å². The molecule has 2 rings (SSSR count). The highest BCUT2D eigenvalue weighted by Crippen LogP contribution is 2.23. The Balaban J connectivity index is 1.99. The van der Waals surface area contributed by atoms with Crippen molar-refractivity contribution in [1.82, 2.24) is 4.90 Å². The molecule has 100 valence electrons. The molecule has 0 bridgehead atoms. The Labute approximate surface area is 107 Å². The molecular formula is C14H20FNO2. The maximum Gasteiger partial charge on any atom is 0.123 e. The minimum atomic E-state index is -0.211. The van der Waals surface area contributed by atoms with Gasteiger partial charge in [-0.15, -0.1) is 0 Å². The third-order valence-electron chi connectivity index (χ3n) is 3.50. The molecule has 1 saturated heterocycles. The fourth-order valence-corrected chi connectivity index (χ4v) is 2.41. The second-order valence-corrected chi connectivity index (χ2v) is 4.67. The van der Waals surface area contributed by atoms with Crippen LogP contribution in [0.5, 0.6) is 5.75 Å². The Morgan fingerprint density at radius 1 is 1.28 bits per heavy atom. The van der Waals surface area contributed by atoms with Crippen LogP contribution in [0, 0.1) is 5.82 Å². The van der Waals surface area contributed by atoms with Crippen LogP contribution < -0.4 is 4.74 Å². The first-order chi connectivity index (χ1) is 8.72. The number of ether oxygens (including phenoxy) is 2. The summed E-state index contributed by atoms with van der Waals surface area (Å²) in [7, 11) is 3.38. The lowest BCUT2D eigenvalue weighted by atomic mass is 10.1. The van der Waals surface area contributed by atoms with E-state index in [2.05, 4.69) is 4.90 Å². The Hall–Kier alpha value is -1.13.